The summed E-state index contributed by atoms with van der Waals surface area (Å²) in [7, 11) is 0. The molecule has 0 radical (unpaired) electrons. The maximum absolute atomic E-state index is 13.9. The van der Waals surface area contributed by atoms with Gasteiger partial charge in [0, 0.05) is 10.7 Å². The molecule has 20 heavy (non-hydrogen) atoms. The van der Waals surface area contributed by atoms with E-state index >= 15 is 0 Å². The fourth-order valence-electron chi connectivity index (χ4n) is 1.94. The molecule has 0 atom stereocenters. The number of halogens is 2. The number of fused-ring (bicyclic) bond motifs is 1. The fourth-order valence-corrected chi connectivity index (χ4v) is 2.29. The van der Waals surface area contributed by atoms with Gasteiger partial charge in [-0.25, -0.2) is 4.39 Å². The van der Waals surface area contributed by atoms with E-state index in [1.54, 1.807) is 12.3 Å². The Morgan fingerprint density at radius 2 is 1.95 bits per heavy atom. The normalized spacial score (nSPS) is 10.7. The minimum atomic E-state index is -0.380. The van der Waals surface area contributed by atoms with Crippen molar-refractivity contribution in [1.29, 1.82) is 0 Å². The topological polar surface area (TPSA) is 22.1 Å². The van der Waals surface area contributed by atoms with Crippen LogP contribution < -0.4 is 4.74 Å². The maximum Gasteiger partial charge on any atom is 0.166 e. The first-order chi connectivity index (χ1) is 9.76. The second-order valence-electron chi connectivity index (χ2n) is 4.36. The van der Waals surface area contributed by atoms with Crippen LogP contribution in [0.3, 0.4) is 0 Å². The summed E-state index contributed by atoms with van der Waals surface area (Å²) in [5.41, 5.74) is 1.75. The lowest BCUT2D eigenvalue weighted by atomic mass is 10.2. The van der Waals surface area contributed by atoms with E-state index in [-0.39, 0.29) is 11.6 Å². The fraction of sp³-hybridized carbons (Fsp3) is 0.0625. The third kappa shape index (κ3) is 2.65. The Morgan fingerprint density at radius 3 is 2.75 bits per heavy atom. The van der Waals surface area contributed by atoms with Gasteiger partial charge in [0.05, 0.1) is 11.7 Å². The van der Waals surface area contributed by atoms with Crippen molar-refractivity contribution >= 4 is 26.8 Å². The molecule has 1 heterocycles. The predicted molar refractivity (Wildman–Crippen MR) is 80.8 cm³/mol. The zero-order valence-corrected chi connectivity index (χ0v) is 12.1. The summed E-state index contributed by atoms with van der Waals surface area (Å²) in [6.07, 6.45) is 1.60. The monoisotopic (exact) mass is 331 g/mol. The number of pyridine rings is 1. The van der Waals surface area contributed by atoms with Gasteiger partial charge in [0.2, 0.25) is 0 Å². The van der Waals surface area contributed by atoms with Gasteiger partial charge in [-0.2, -0.15) is 0 Å². The lowest BCUT2D eigenvalue weighted by Crippen LogP contribution is -1.91. The molecule has 0 aliphatic heterocycles. The molecule has 0 saturated carbocycles. The molecule has 0 unspecified atom stereocenters. The van der Waals surface area contributed by atoms with Crippen LogP contribution >= 0.6 is 15.9 Å². The summed E-state index contributed by atoms with van der Waals surface area (Å²) in [4.78, 5) is 4.29. The molecule has 4 heteroatoms. The number of para-hydroxylation sites is 1. The lowest BCUT2D eigenvalue weighted by Gasteiger charge is -2.08. The van der Waals surface area contributed by atoms with Crippen LogP contribution in [-0.2, 0) is 5.33 Å². The van der Waals surface area contributed by atoms with E-state index in [2.05, 4.69) is 20.9 Å². The number of aromatic nitrogens is 1. The minimum Gasteiger partial charge on any atom is -0.453 e. The number of benzene rings is 2. The first-order valence-corrected chi connectivity index (χ1v) is 7.25. The second kappa shape index (κ2) is 5.59. The van der Waals surface area contributed by atoms with Gasteiger partial charge in [0.25, 0.3) is 0 Å². The number of hydrogen-bond donors (Lipinski definition) is 0. The third-order valence-electron chi connectivity index (χ3n) is 2.94. The van der Waals surface area contributed by atoms with E-state index in [0.717, 1.165) is 16.5 Å². The lowest BCUT2D eigenvalue weighted by molar-refractivity contribution is 0.441. The van der Waals surface area contributed by atoms with Crippen molar-refractivity contribution in [3.8, 4) is 11.5 Å². The van der Waals surface area contributed by atoms with Crippen molar-refractivity contribution < 1.29 is 9.13 Å². The molecular formula is C16H11BrFNO. The summed E-state index contributed by atoms with van der Waals surface area (Å²) in [6, 6.07) is 14.5. The van der Waals surface area contributed by atoms with E-state index in [9.17, 15) is 4.39 Å². The van der Waals surface area contributed by atoms with Gasteiger partial charge in [0.1, 0.15) is 5.75 Å². The number of nitrogens with zero attached hydrogens (tertiary/aromatic N) is 1. The Hall–Kier alpha value is -1.94. The van der Waals surface area contributed by atoms with Crippen LogP contribution in [0.25, 0.3) is 10.9 Å². The predicted octanol–water partition coefficient (Wildman–Crippen LogP) is 5.06. The Balaban J connectivity index is 1.92. The highest BCUT2D eigenvalue weighted by Crippen LogP contribution is 2.27. The van der Waals surface area contributed by atoms with Gasteiger partial charge in [-0.1, -0.05) is 40.2 Å². The van der Waals surface area contributed by atoms with Crippen molar-refractivity contribution in [2.24, 2.45) is 0 Å². The molecule has 0 amide bonds. The molecule has 1 aromatic heterocycles. The third-order valence-corrected chi connectivity index (χ3v) is 3.59. The van der Waals surface area contributed by atoms with Crippen molar-refractivity contribution in [2.45, 2.75) is 5.33 Å². The molecule has 2 aromatic carbocycles. The van der Waals surface area contributed by atoms with Gasteiger partial charge in [0.15, 0.2) is 11.6 Å². The summed E-state index contributed by atoms with van der Waals surface area (Å²) >= 11 is 3.29. The standard InChI is InChI=1S/C16H11BrFNO/c17-9-11-5-6-16(14(18)7-11)20-13-8-12-3-1-2-4-15(12)19-10-13/h1-8,10H,9H2. The highest BCUT2D eigenvalue weighted by molar-refractivity contribution is 9.08. The SMILES string of the molecule is Fc1cc(CBr)ccc1Oc1cnc2ccccc2c1. The van der Waals surface area contributed by atoms with Crippen molar-refractivity contribution in [1.82, 2.24) is 4.98 Å². The van der Waals surface area contributed by atoms with Crippen LogP contribution in [-0.4, -0.2) is 4.98 Å². The van der Waals surface area contributed by atoms with Crippen molar-refractivity contribution in [3.05, 3.63) is 66.1 Å². The van der Waals surface area contributed by atoms with E-state index in [1.807, 2.05) is 36.4 Å². The second-order valence-corrected chi connectivity index (χ2v) is 4.92. The van der Waals surface area contributed by atoms with E-state index in [0.29, 0.717) is 11.1 Å². The van der Waals surface area contributed by atoms with Gasteiger partial charge in [-0.15, -0.1) is 0 Å². The molecule has 3 aromatic rings. The molecule has 0 bridgehead atoms. The minimum absolute atomic E-state index is 0.201. The highest BCUT2D eigenvalue weighted by Gasteiger charge is 2.06. The van der Waals surface area contributed by atoms with Crippen LogP contribution in [0.2, 0.25) is 0 Å². The van der Waals surface area contributed by atoms with Crippen LogP contribution in [0.15, 0.2) is 54.7 Å². The van der Waals surface area contributed by atoms with E-state index < -0.39 is 0 Å². The van der Waals surface area contributed by atoms with Gasteiger partial charge >= 0.3 is 0 Å². The smallest absolute Gasteiger partial charge is 0.166 e. The molecule has 0 saturated heterocycles. The van der Waals surface area contributed by atoms with Crippen LogP contribution in [0.4, 0.5) is 4.39 Å². The average Bonchev–Trinajstić information content (AvgIpc) is 2.49. The van der Waals surface area contributed by atoms with Crippen LogP contribution in [0.5, 0.6) is 11.5 Å². The summed E-state index contributed by atoms with van der Waals surface area (Å²) in [5.74, 6) is 0.344. The van der Waals surface area contributed by atoms with Crippen molar-refractivity contribution in [3.63, 3.8) is 0 Å². The number of hydrogen-bond acceptors (Lipinski definition) is 2. The molecule has 0 aliphatic rings. The zero-order valence-electron chi connectivity index (χ0n) is 10.5. The molecule has 2 nitrogen and oxygen atoms in total. The maximum atomic E-state index is 13.9. The Kier molecular flexibility index (Phi) is 3.65. The molecule has 0 N–H and O–H groups in total. The zero-order chi connectivity index (χ0) is 13.9. The summed E-state index contributed by atoms with van der Waals surface area (Å²) < 4.78 is 19.4. The average molecular weight is 332 g/mol. The summed E-state index contributed by atoms with van der Waals surface area (Å²) in [6.45, 7) is 0. The van der Waals surface area contributed by atoms with Crippen LogP contribution in [0, 0.1) is 5.82 Å². The Labute approximate surface area is 124 Å². The number of alkyl halides is 1. The molecule has 3 rings (SSSR count). The van der Waals surface area contributed by atoms with Gasteiger partial charge in [-0.3, -0.25) is 4.98 Å². The number of ether oxygens (including phenoxy) is 1. The molecule has 0 fully saturated rings. The molecular weight excluding hydrogens is 321 g/mol. The Bertz CT molecular complexity index is 760. The quantitative estimate of drug-likeness (QED) is 0.626. The summed E-state index contributed by atoms with van der Waals surface area (Å²) in [5, 5.41) is 1.57. The van der Waals surface area contributed by atoms with Crippen LogP contribution in [0.1, 0.15) is 5.56 Å². The van der Waals surface area contributed by atoms with E-state index in [1.165, 1.54) is 6.07 Å². The molecule has 100 valence electrons. The highest BCUT2D eigenvalue weighted by atomic mass is 79.9. The first kappa shape index (κ1) is 13.1. The molecule has 0 spiro atoms. The Morgan fingerprint density at radius 1 is 1.10 bits per heavy atom. The first-order valence-electron chi connectivity index (χ1n) is 6.13. The van der Waals surface area contributed by atoms with Gasteiger partial charge in [-0.05, 0) is 29.8 Å². The van der Waals surface area contributed by atoms with Gasteiger partial charge < -0.3 is 4.74 Å². The largest absolute Gasteiger partial charge is 0.453 e. The number of rotatable bonds is 3. The van der Waals surface area contributed by atoms with E-state index in [4.69, 9.17) is 4.74 Å². The van der Waals surface area contributed by atoms with Crippen molar-refractivity contribution in [2.75, 3.05) is 0 Å². The molecule has 0 aliphatic carbocycles.